The maximum absolute atomic E-state index is 10.8. The Bertz CT molecular complexity index is 465. The number of hydrogen-bond acceptors (Lipinski definition) is 3. The van der Waals surface area contributed by atoms with Gasteiger partial charge in [-0.2, -0.15) is 0 Å². The van der Waals surface area contributed by atoms with Crippen LogP contribution >= 0.6 is 10.7 Å². The van der Waals surface area contributed by atoms with Crippen LogP contribution in [0.15, 0.2) is 36.4 Å². The highest BCUT2D eigenvalue weighted by Crippen LogP contribution is 2.15. The fourth-order valence-electron chi connectivity index (χ4n) is 1.25. The molecule has 0 atom stereocenters. The third-order valence-electron chi connectivity index (χ3n) is 1.74. The zero-order valence-electron chi connectivity index (χ0n) is 7.98. The van der Waals surface area contributed by atoms with Crippen LogP contribution in [0.2, 0.25) is 0 Å². The largest absolute Gasteiger partial charge is 0.508 e. The molecule has 1 aromatic rings. The summed E-state index contributed by atoms with van der Waals surface area (Å²) in [5, 5.41) is 9.18. The first kappa shape index (κ1) is 12.1. The molecule has 3 nitrogen and oxygen atoms in total. The average molecular weight is 247 g/mol. The molecule has 1 N–H and O–H groups in total. The summed E-state index contributed by atoms with van der Waals surface area (Å²) in [6.07, 6.45) is 0.389. The lowest BCUT2D eigenvalue weighted by Crippen LogP contribution is -2.02. The highest BCUT2D eigenvalue weighted by molar-refractivity contribution is 8.13. The fraction of sp³-hybridized carbons (Fsp3) is 0.200. The molecule has 0 radical (unpaired) electrons. The number of phenols is 1. The summed E-state index contributed by atoms with van der Waals surface area (Å²) in [5.74, 6) is -0.0986. The molecule has 0 aliphatic rings. The minimum Gasteiger partial charge on any atom is -0.508 e. The van der Waals surface area contributed by atoms with Gasteiger partial charge in [-0.25, -0.2) is 8.42 Å². The zero-order chi connectivity index (χ0) is 11.5. The van der Waals surface area contributed by atoms with Crippen LogP contribution in [0, 0.1) is 0 Å². The Kier molecular flexibility index (Phi) is 3.77. The van der Waals surface area contributed by atoms with Gasteiger partial charge in [0.1, 0.15) is 5.75 Å². The number of benzene rings is 1. The molecule has 0 amide bonds. The quantitative estimate of drug-likeness (QED) is 0.654. The molecule has 0 fully saturated rings. The first-order valence-corrected chi connectivity index (χ1v) is 6.71. The highest BCUT2D eigenvalue weighted by atomic mass is 35.7. The molecular weight excluding hydrogens is 236 g/mol. The van der Waals surface area contributed by atoms with Crippen LogP contribution in [0.5, 0.6) is 5.75 Å². The van der Waals surface area contributed by atoms with Gasteiger partial charge in [-0.1, -0.05) is 24.3 Å². The molecule has 1 aromatic carbocycles. The van der Waals surface area contributed by atoms with Gasteiger partial charge in [-0.15, -0.1) is 0 Å². The van der Waals surface area contributed by atoms with Gasteiger partial charge in [0, 0.05) is 10.7 Å². The van der Waals surface area contributed by atoms with Crippen molar-refractivity contribution in [2.75, 3.05) is 5.75 Å². The van der Waals surface area contributed by atoms with Crippen molar-refractivity contribution in [2.45, 2.75) is 6.42 Å². The molecule has 0 saturated heterocycles. The van der Waals surface area contributed by atoms with Crippen LogP contribution in [0.25, 0.3) is 0 Å². The van der Waals surface area contributed by atoms with E-state index in [1.54, 1.807) is 24.3 Å². The van der Waals surface area contributed by atoms with Crippen LogP contribution in [0.1, 0.15) is 5.56 Å². The summed E-state index contributed by atoms with van der Waals surface area (Å²) in [5.41, 5.74) is 1.30. The maximum atomic E-state index is 10.8. The van der Waals surface area contributed by atoms with E-state index in [9.17, 15) is 13.5 Å². The summed E-state index contributed by atoms with van der Waals surface area (Å²) in [6.45, 7) is 3.62. The van der Waals surface area contributed by atoms with Crippen molar-refractivity contribution >= 4 is 19.7 Å². The topological polar surface area (TPSA) is 54.4 Å². The van der Waals surface area contributed by atoms with Gasteiger partial charge in [-0.05, 0) is 24.1 Å². The van der Waals surface area contributed by atoms with Gasteiger partial charge in [0.25, 0.3) is 0 Å². The van der Waals surface area contributed by atoms with E-state index in [-0.39, 0.29) is 11.5 Å². The Morgan fingerprint density at radius 2 is 2.13 bits per heavy atom. The number of halogens is 1. The molecule has 0 saturated carbocycles. The summed E-state index contributed by atoms with van der Waals surface area (Å²) in [4.78, 5) is 0. The molecule has 1 rings (SSSR count). The summed E-state index contributed by atoms with van der Waals surface area (Å²) >= 11 is 0. The van der Waals surface area contributed by atoms with Crippen molar-refractivity contribution in [1.82, 2.24) is 0 Å². The van der Waals surface area contributed by atoms with Crippen molar-refractivity contribution < 1.29 is 13.5 Å². The SMILES string of the molecule is C=C(Cc1cccc(O)c1)CS(=O)(=O)Cl. The summed E-state index contributed by atoms with van der Waals surface area (Å²) < 4.78 is 21.5. The molecule has 5 heteroatoms. The van der Waals surface area contributed by atoms with E-state index in [0.717, 1.165) is 5.56 Å². The van der Waals surface area contributed by atoms with Crippen LogP contribution in [-0.4, -0.2) is 19.3 Å². The minimum atomic E-state index is -3.54. The molecule has 0 aromatic heterocycles. The summed E-state index contributed by atoms with van der Waals surface area (Å²) in [7, 11) is 1.54. The lowest BCUT2D eigenvalue weighted by molar-refractivity contribution is 0.474. The van der Waals surface area contributed by atoms with Crippen LogP contribution < -0.4 is 0 Å². The van der Waals surface area contributed by atoms with Gasteiger partial charge in [-0.3, -0.25) is 0 Å². The second-order valence-electron chi connectivity index (χ2n) is 3.28. The molecule has 0 aliphatic heterocycles. The van der Waals surface area contributed by atoms with Gasteiger partial charge in [0.15, 0.2) is 0 Å². The predicted molar refractivity (Wildman–Crippen MR) is 60.6 cm³/mol. The Hall–Kier alpha value is -1.00. The summed E-state index contributed by atoms with van der Waals surface area (Å²) in [6, 6.07) is 6.58. The van der Waals surface area contributed by atoms with Crippen molar-refractivity contribution in [3.8, 4) is 5.75 Å². The second kappa shape index (κ2) is 4.68. The number of phenolic OH excluding ortho intramolecular Hbond substituents is 1. The molecule has 0 bridgehead atoms. The third-order valence-corrected chi connectivity index (χ3v) is 2.82. The van der Waals surface area contributed by atoms with Gasteiger partial charge in [0.05, 0.1) is 5.75 Å². The lowest BCUT2D eigenvalue weighted by atomic mass is 10.1. The van der Waals surface area contributed by atoms with E-state index in [1.165, 1.54) is 0 Å². The third kappa shape index (κ3) is 4.85. The highest BCUT2D eigenvalue weighted by Gasteiger charge is 2.08. The Morgan fingerprint density at radius 3 is 2.67 bits per heavy atom. The molecule has 0 spiro atoms. The van der Waals surface area contributed by atoms with Gasteiger partial charge >= 0.3 is 0 Å². The Labute approximate surface area is 93.4 Å². The monoisotopic (exact) mass is 246 g/mol. The van der Waals surface area contributed by atoms with Crippen LogP contribution in [-0.2, 0) is 15.5 Å². The predicted octanol–water partition coefficient (Wildman–Crippen LogP) is 2.06. The number of aromatic hydroxyl groups is 1. The van der Waals surface area contributed by atoms with E-state index < -0.39 is 9.05 Å². The van der Waals surface area contributed by atoms with Crippen molar-refractivity contribution in [2.24, 2.45) is 0 Å². The maximum Gasteiger partial charge on any atom is 0.236 e. The molecule has 0 heterocycles. The molecule has 0 aliphatic carbocycles. The number of hydrogen-bond donors (Lipinski definition) is 1. The van der Waals surface area contributed by atoms with E-state index in [1.807, 2.05) is 0 Å². The number of rotatable bonds is 4. The average Bonchev–Trinajstić information content (AvgIpc) is 1.99. The van der Waals surface area contributed by atoms with Crippen LogP contribution in [0.3, 0.4) is 0 Å². The van der Waals surface area contributed by atoms with Crippen LogP contribution in [0.4, 0.5) is 0 Å². The second-order valence-corrected chi connectivity index (χ2v) is 6.06. The minimum absolute atomic E-state index is 0.147. The zero-order valence-corrected chi connectivity index (χ0v) is 9.55. The van der Waals surface area contributed by atoms with E-state index in [2.05, 4.69) is 6.58 Å². The standard InChI is InChI=1S/C10H11ClO3S/c1-8(7-15(11,13)14)5-9-3-2-4-10(12)6-9/h2-4,6,12H,1,5,7H2. The van der Waals surface area contributed by atoms with E-state index in [0.29, 0.717) is 12.0 Å². The van der Waals surface area contributed by atoms with Crippen molar-refractivity contribution in [3.63, 3.8) is 0 Å². The van der Waals surface area contributed by atoms with Gasteiger partial charge < -0.3 is 5.11 Å². The first-order chi connectivity index (χ1) is 6.87. The Morgan fingerprint density at radius 1 is 1.47 bits per heavy atom. The van der Waals surface area contributed by atoms with E-state index >= 15 is 0 Å². The normalized spacial score (nSPS) is 11.3. The first-order valence-electron chi connectivity index (χ1n) is 4.24. The molecule has 0 unspecified atom stereocenters. The lowest BCUT2D eigenvalue weighted by Gasteiger charge is -2.03. The molecule has 15 heavy (non-hydrogen) atoms. The fourth-order valence-corrected chi connectivity index (χ4v) is 2.30. The van der Waals surface area contributed by atoms with E-state index in [4.69, 9.17) is 10.7 Å². The van der Waals surface area contributed by atoms with Crippen molar-refractivity contribution in [1.29, 1.82) is 0 Å². The van der Waals surface area contributed by atoms with Crippen molar-refractivity contribution in [3.05, 3.63) is 42.0 Å². The van der Waals surface area contributed by atoms with Gasteiger partial charge in [0.2, 0.25) is 9.05 Å². The molecule has 82 valence electrons. The Balaban J connectivity index is 2.67. The molecular formula is C10H11ClO3S. The smallest absolute Gasteiger partial charge is 0.236 e.